The number of alkyl halides is 3. The van der Waals surface area contributed by atoms with Crippen molar-refractivity contribution in [3.63, 3.8) is 0 Å². The van der Waals surface area contributed by atoms with Crippen molar-refractivity contribution in [3.8, 4) is 5.75 Å². The molecule has 4 rings (SSSR count). The number of rotatable bonds is 7. The van der Waals surface area contributed by atoms with E-state index >= 15 is 0 Å². The van der Waals surface area contributed by atoms with Crippen LogP contribution in [-0.2, 0) is 6.18 Å². The molecule has 0 aliphatic carbocycles. The summed E-state index contributed by atoms with van der Waals surface area (Å²) in [4.78, 5) is 2.44. The van der Waals surface area contributed by atoms with Crippen LogP contribution < -0.4 is 4.74 Å². The first-order chi connectivity index (χ1) is 16.0. The summed E-state index contributed by atoms with van der Waals surface area (Å²) in [5.41, 5.74) is 4.71. The molecule has 0 aromatic heterocycles. The van der Waals surface area contributed by atoms with E-state index in [0.717, 1.165) is 51.0 Å². The number of piperidine rings is 1. The molecule has 0 spiro atoms. The Bertz CT molecular complexity index is 993. The van der Waals surface area contributed by atoms with Crippen LogP contribution in [0.15, 0.2) is 90.5 Å². The largest absolute Gasteiger partial charge is 0.494 e. The number of hydrogen-bond donors (Lipinski definition) is 0. The second kappa shape index (κ2) is 10.7. The molecule has 1 fully saturated rings. The average molecular weight is 452 g/mol. The molecule has 1 heterocycles. The normalized spacial score (nSPS) is 14.8. The van der Waals surface area contributed by atoms with Gasteiger partial charge in [-0.05, 0) is 60.2 Å². The Labute approximate surface area is 193 Å². The summed E-state index contributed by atoms with van der Waals surface area (Å²) in [6.45, 7) is 3.40. The summed E-state index contributed by atoms with van der Waals surface area (Å²) >= 11 is 0. The van der Waals surface area contributed by atoms with Gasteiger partial charge in [-0.15, -0.1) is 0 Å². The molecule has 0 atom stereocenters. The topological polar surface area (TPSA) is 12.5 Å². The van der Waals surface area contributed by atoms with Gasteiger partial charge in [-0.2, -0.15) is 13.2 Å². The first-order valence-corrected chi connectivity index (χ1v) is 11.4. The molecule has 1 aliphatic heterocycles. The molecule has 0 N–H and O–H groups in total. The molecule has 3 aromatic carbocycles. The van der Waals surface area contributed by atoms with Gasteiger partial charge in [0, 0.05) is 19.6 Å². The highest BCUT2D eigenvalue weighted by Crippen LogP contribution is 2.32. The third-order valence-electron chi connectivity index (χ3n) is 6.01. The Hall–Kier alpha value is -3.05. The van der Waals surface area contributed by atoms with E-state index in [1.807, 2.05) is 12.1 Å². The van der Waals surface area contributed by atoms with Gasteiger partial charge in [-0.3, -0.25) is 0 Å². The Balaban J connectivity index is 1.30. The highest BCUT2D eigenvalue weighted by Gasteiger charge is 2.30. The monoisotopic (exact) mass is 451 g/mol. The summed E-state index contributed by atoms with van der Waals surface area (Å²) in [6, 6.07) is 26.1. The second-order valence-corrected chi connectivity index (χ2v) is 8.28. The molecule has 3 aromatic rings. The van der Waals surface area contributed by atoms with Crippen molar-refractivity contribution in [3.05, 3.63) is 107 Å². The van der Waals surface area contributed by atoms with Gasteiger partial charge in [0.05, 0.1) is 12.2 Å². The highest BCUT2D eigenvalue weighted by atomic mass is 19.4. The lowest BCUT2D eigenvalue weighted by molar-refractivity contribution is -0.137. The minimum absolute atomic E-state index is 0.474. The van der Waals surface area contributed by atoms with Crippen LogP contribution in [0, 0.1) is 0 Å². The molecule has 5 heteroatoms. The minimum atomic E-state index is -4.32. The summed E-state index contributed by atoms with van der Waals surface area (Å²) in [7, 11) is 0. The van der Waals surface area contributed by atoms with E-state index < -0.39 is 11.7 Å². The van der Waals surface area contributed by atoms with Gasteiger partial charge in [0.2, 0.25) is 0 Å². The number of halogens is 3. The Kier molecular flexibility index (Phi) is 7.50. The lowest BCUT2D eigenvalue weighted by Crippen LogP contribution is -2.32. The van der Waals surface area contributed by atoms with Crippen molar-refractivity contribution in [2.75, 3.05) is 26.2 Å². The number of nitrogens with zero attached hydrogens (tertiary/aromatic N) is 1. The zero-order valence-corrected chi connectivity index (χ0v) is 18.5. The maximum atomic E-state index is 12.7. The van der Waals surface area contributed by atoms with Crippen LogP contribution in [0.3, 0.4) is 0 Å². The van der Waals surface area contributed by atoms with Gasteiger partial charge in [-0.25, -0.2) is 0 Å². The van der Waals surface area contributed by atoms with Crippen LogP contribution in [-0.4, -0.2) is 31.1 Å². The van der Waals surface area contributed by atoms with Crippen molar-refractivity contribution in [2.24, 2.45) is 0 Å². The van der Waals surface area contributed by atoms with Crippen LogP contribution >= 0.6 is 0 Å². The van der Waals surface area contributed by atoms with Crippen molar-refractivity contribution in [1.82, 2.24) is 4.90 Å². The fourth-order valence-electron chi connectivity index (χ4n) is 4.30. The molecular formula is C28H28F3NO. The molecular weight excluding hydrogens is 423 g/mol. The molecule has 0 radical (unpaired) electrons. The fraction of sp³-hybridized carbons (Fsp3) is 0.286. The predicted octanol–water partition coefficient (Wildman–Crippen LogP) is 7.07. The van der Waals surface area contributed by atoms with Gasteiger partial charge in [-0.1, -0.05) is 66.2 Å². The first kappa shape index (κ1) is 23.1. The van der Waals surface area contributed by atoms with E-state index in [4.69, 9.17) is 4.74 Å². The molecule has 1 aliphatic rings. The first-order valence-electron chi connectivity index (χ1n) is 11.4. The van der Waals surface area contributed by atoms with Crippen molar-refractivity contribution in [2.45, 2.75) is 25.4 Å². The van der Waals surface area contributed by atoms with Crippen LogP contribution in [0.1, 0.15) is 36.0 Å². The summed E-state index contributed by atoms with van der Waals surface area (Å²) in [5.74, 6) is 0.474. The van der Waals surface area contributed by atoms with Gasteiger partial charge in [0.1, 0.15) is 5.75 Å². The molecule has 172 valence electrons. The second-order valence-electron chi connectivity index (χ2n) is 8.28. The number of ether oxygens (including phenoxy) is 1. The number of benzene rings is 3. The van der Waals surface area contributed by atoms with Crippen LogP contribution in [0.4, 0.5) is 13.2 Å². The zero-order valence-electron chi connectivity index (χ0n) is 18.5. The lowest BCUT2D eigenvalue weighted by Gasteiger charge is -2.30. The number of hydrogen-bond acceptors (Lipinski definition) is 2. The van der Waals surface area contributed by atoms with E-state index in [1.54, 1.807) is 0 Å². The standard InChI is InChI=1S/C28H28F3NO/c29-28(30,31)25-12-14-26(15-13-25)33-21-7-18-32-19-16-24(17-20-32)27(22-8-3-1-4-9-22)23-10-5-2-6-11-23/h1-6,8-15H,7,16-21H2. The average Bonchev–Trinajstić information content (AvgIpc) is 2.84. The van der Waals surface area contributed by atoms with E-state index in [0.29, 0.717) is 12.4 Å². The summed E-state index contributed by atoms with van der Waals surface area (Å²) < 4.78 is 43.6. The number of likely N-dealkylation sites (tertiary alicyclic amines) is 1. The molecule has 0 unspecified atom stereocenters. The fourth-order valence-corrected chi connectivity index (χ4v) is 4.30. The Morgan fingerprint density at radius 3 is 1.82 bits per heavy atom. The van der Waals surface area contributed by atoms with E-state index in [2.05, 4.69) is 53.4 Å². The van der Waals surface area contributed by atoms with Crippen molar-refractivity contribution < 1.29 is 17.9 Å². The quantitative estimate of drug-likeness (QED) is 0.356. The predicted molar refractivity (Wildman–Crippen MR) is 126 cm³/mol. The van der Waals surface area contributed by atoms with Crippen LogP contribution in [0.2, 0.25) is 0 Å². The van der Waals surface area contributed by atoms with Gasteiger partial charge < -0.3 is 9.64 Å². The minimum Gasteiger partial charge on any atom is -0.494 e. The lowest BCUT2D eigenvalue weighted by atomic mass is 9.88. The maximum absolute atomic E-state index is 12.7. The molecule has 1 saturated heterocycles. The smallest absolute Gasteiger partial charge is 0.416 e. The summed E-state index contributed by atoms with van der Waals surface area (Å²) in [5, 5.41) is 0. The SMILES string of the molecule is FC(F)(F)c1ccc(OCCCN2CCC(=C(c3ccccc3)c3ccccc3)CC2)cc1. The summed E-state index contributed by atoms with van der Waals surface area (Å²) in [6.07, 6.45) is -1.43. The van der Waals surface area contributed by atoms with Crippen molar-refractivity contribution in [1.29, 1.82) is 0 Å². The van der Waals surface area contributed by atoms with E-state index in [9.17, 15) is 13.2 Å². The van der Waals surface area contributed by atoms with Gasteiger partial charge in [0.25, 0.3) is 0 Å². The van der Waals surface area contributed by atoms with E-state index in [-0.39, 0.29) is 0 Å². The van der Waals surface area contributed by atoms with E-state index in [1.165, 1.54) is 34.4 Å². The molecule has 2 nitrogen and oxygen atoms in total. The third-order valence-corrected chi connectivity index (χ3v) is 6.01. The molecule has 0 amide bonds. The Morgan fingerprint density at radius 1 is 0.758 bits per heavy atom. The zero-order chi connectivity index (χ0) is 23.1. The van der Waals surface area contributed by atoms with Crippen LogP contribution in [0.5, 0.6) is 5.75 Å². The van der Waals surface area contributed by atoms with Crippen LogP contribution in [0.25, 0.3) is 5.57 Å². The molecule has 0 bridgehead atoms. The van der Waals surface area contributed by atoms with Gasteiger partial charge >= 0.3 is 6.18 Å². The molecule has 33 heavy (non-hydrogen) atoms. The van der Waals surface area contributed by atoms with Gasteiger partial charge in [0.15, 0.2) is 0 Å². The highest BCUT2D eigenvalue weighted by molar-refractivity contribution is 5.82. The van der Waals surface area contributed by atoms with Crippen molar-refractivity contribution >= 4 is 5.57 Å². The maximum Gasteiger partial charge on any atom is 0.416 e. The third kappa shape index (κ3) is 6.26. The Morgan fingerprint density at radius 2 is 1.30 bits per heavy atom. The molecule has 0 saturated carbocycles.